The Balaban J connectivity index is 1.33. The highest BCUT2D eigenvalue weighted by Crippen LogP contribution is 2.67. The normalized spacial score (nSPS) is 33.9. The number of carbonyl (C=O) groups is 4. The molecule has 0 radical (unpaired) electrons. The zero-order chi connectivity index (χ0) is 31.5. The number of amides is 1. The fourth-order valence-electron chi connectivity index (χ4n) is 9.92. The van der Waals surface area contributed by atoms with Gasteiger partial charge in [0.15, 0.2) is 0 Å². The molecular formula is C35H55NO7. The number of allylic oxidation sites excluding steroid dienone is 1. The van der Waals surface area contributed by atoms with Crippen molar-refractivity contribution in [2.45, 2.75) is 124 Å². The van der Waals surface area contributed by atoms with Crippen LogP contribution in [0.1, 0.15) is 118 Å². The van der Waals surface area contributed by atoms with E-state index in [0.717, 1.165) is 60.2 Å². The summed E-state index contributed by atoms with van der Waals surface area (Å²) < 4.78 is 5.80. The second-order valence-electron chi connectivity index (χ2n) is 15.2. The maximum Gasteiger partial charge on any atom is 0.323 e. The second kappa shape index (κ2) is 13.7. The van der Waals surface area contributed by atoms with Crippen LogP contribution in [0.25, 0.3) is 0 Å². The van der Waals surface area contributed by atoms with Crippen LogP contribution >= 0.6 is 0 Å². The van der Waals surface area contributed by atoms with Gasteiger partial charge in [-0.15, -0.1) is 0 Å². The van der Waals surface area contributed by atoms with Crippen molar-refractivity contribution in [1.29, 1.82) is 0 Å². The summed E-state index contributed by atoms with van der Waals surface area (Å²) in [5.74, 6) is 0.882. The molecule has 0 saturated heterocycles. The van der Waals surface area contributed by atoms with Crippen LogP contribution < -0.4 is 0 Å². The van der Waals surface area contributed by atoms with Gasteiger partial charge in [-0.25, -0.2) is 0 Å². The lowest BCUT2D eigenvalue weighted by Gasteiger charge is -2.58. The van der Waals surface area contributed by atoms with Crippen LogP contribution in [-0.2, 0) is 23.9 Å². The third kappa shape index (κ3) is 7.47. The van der Waals surface area contributed by atoms with Gasteiger partial charge in [0.25, 0.3) is 0 Å². The number of esters is 1. The summed E-state index contributed by atoms with van der Waals surface area (Å²) in [6.45, 7) is 10.8. The Kier molecular flexibility index (Phi) is 10.7. The molecule has 8 heteroatoms. The molecule has 4 rings (SSSR count). The lowest BCUT2D eigenvalue weighted by atomic mass is 9.47. The van der Waals surface area contributed by atoms with Gasteiger partial charge in [0.1, 0.15) is 19.2 Å². The molecule has 43 heavy (non-hydrogen) atoms. The van der Waals surface area contributed by atoms with Gasteiger partial charge < -0.3 is 19.8 Å². The number of fused-ring (bicyclic) bond motifs is 5. The third-order valence-corrected chi connectivity index (χ3v) is 12.1. The number of carboxylic acids is 2. The van der Waals surface area contributed by atoms with E-state index >= 15 is 0 Å². The van der Waals surface area contributed by atoms with Crippen LogP contribution in [0.2, 0.25) is 0 Å². The number of ether oxygens (including phenoxy) is 1. The number of nitrogens with zero attached hydrogens (tertiary/aromatic N) is 1. The van der Waals surface area contributed by atoms with Crippen LogP contribution in [0.5, 0.6) is 0 Å². The quantitative estimate of drug-likeness (QED) is 0.178. The monoisotopic (exact) mass is 601 g/mol. The predicted molar refractivity (Wildman–Crippen MR) is 164 cm³/mol. The minimum Gasteiger partial charge on any atom is -0.480 e. The highest BCUT2D eigenvalue weighted by molar-refractivity contribution is 5.87. The average Bonchev–Trinajstić information content (AvgIpc) is 3.28. The fraction of sp³-hybridized carbons (Fsp3) is 0.829. The molecule has 0 heterocycles. The van der Waals surface area contributed by atoms with Crippen molar-refractivity contribution < 1.29 is 34.1 Å². The van der Waals surface area contributed by atoms with Gasteiger partial charge in [0, 0.05) is 12.8 Å². The lowest BCUT2D eigenvalue weighted by molar-refractivity contribution is -0.154. The van der Waals surface area contributed by atoms with Gasteiger partial charge in [0.2, 0.25) is 5.91 Å². The number of carbonyl (C=O) groups excluding carboxylic acids is 2. The van der Waals surface area contributed by atoms with Crippen LogP contribution in [-0.4, -0.2) is 58.1 Å². The van der Waals surface area contributed by atoms with E-state index in [-0.39, 0.29) is 24.4 Å². The van der Waals surface area contributed by atoms with Crippen molar-refractivity contribution in [1.82, 2.24) is 4.90 Å². The van der Waals surface area contributed by atoms with Crippen LogP contribution in [0.3, 0.4) is 0 Å². The molecule has 242 valence electrons. The Morgan fingerprint density at radius 3 is 2.28 bits per heavy atom. The molecule has 3 fully saturated rings. The Morgan fingerprint density at radius 1 is 0.930 bits per heavy atom. The van der Waals surface area contributed by atoms with Crippen molar-refractivity contribution in [2.75, 3.05) is 13.1 Å². The molecule has 4 aliphatic rings. The molecule has 1 amide bonds. The summed E-state index contributed by atoms with van der Waals surface area (Å²) in [6, 6.07) is 0. The number of carboxylic acid groups (broad SMARTS) is 2. The van der Waals surface area contributed by atoms with Crippen LogP contribution in [0.15, 0.2) is 11.6 Å². The average molecular weight is 602 g/mol. The first-order valence-corrected chi connectivity index (χ1v) is 16.8. The maximum absolute atomic E-state index is 12.7. The zero-order valence-electron chi connectivity index (χ0n) is 27.1. The first-order chi connectivity index (χ1) is 20.2. The molecule has 0 spiro atoms. The second-order valence-corrected chi connectivity index (χ2v) is 15.2. The molecule has 0 aromatic carbocycles. The van der Waals surface area contributed by atoms with E-state index in [0.29, 0.717) is 11.3 Å². The summed E-state index contributed by atoms with van der Waals surface area (Å²) in [7, 11) is 0. The molecular weight excluding hydrogens is 546 g/mol. The summed E-state index contributed by atoms with van der Waals surface area (Å²) in [5.41, 5.74) is 2.04. The Labute approximate surface area is 258 Å². The predicted octanol–water partition coefficient (Wildman–Crippen LogP) is 6.72. The molecule has 0 bridgehead atoms. The fourth-order valence-corrected chi connectivity index (χ4v) is 9.92. The summed E-state index contributed by atoms with van der Waals surface area (Å²) >= 11 is 0. The standard InChI is InChI=1S/C35H55NO7/c1-22(2)7-6-8-23(3)27-11-12-28-26-10-9-24-19-25(15-17-34(24,4)29(26)16-18-35(27,28)5)43-33(42)14-13-30(37)36(20-31(38)39)21-32(40)41/h9,22-23,25-29H,6-8,10-21H2,1-5H3,(H,38,39)(H,40,41)/t23-,25+,26+,27?,28+,29+,34+,35-/m1/s1. The van der Waals surface area contributed by atoms with E-state index in [4.69, 9.17) is 14.9 Å². The molecule has 8 nitrogen and oxygen atoms in total. The first kappa shape index (κ1) is 33.5. The Morgan fingerprint density at radius 2 is 1.63 bits per heavy atom. The maximum atomic E-state index is 12.7. The minimum atomic E-state index is -1.30. The van der Waals surface area contributed by atoms with Crippen molar-refractivity contribution in [3.8, 4) is 0 Å². The molecule has 0 aromatic heterocycles. The summed E-state index contributed by atoms with van der Waals surface area (Å²) in [6.07, 6.45) is 14.9. The van der Waals surface area contributed by atoms with E-state index in [1.54, 1.807) is 0 Å². The Bertz CT molecular complexity index is 1070. The molecule has 0 aromatic rings. The van der Waals surface area contributed by atoms with Gasteiger partial charge in [-0.2, -0.15) is 0 Å². The van der Waals surface area contributed by atoms with Crippen molar-refractivity contribution in [2.24, 2.45) is 46.3 Å². The Hall–Kier alpha value is -2.38. The molecule has 4 aliphatic carbocycles. The van der Waals surface area contributed by atoms with E-state index in [9.17, 15) is 19.2 Å². The highest BCUT2D eigenvalue weighted by atomic mass is 16.5. The largest absolute Gasteiger partial charge is 0.480 e. The summed E-state index contributed by atoms with van der Waals surface area (Å²) in [4.78, 5) is 47.8. The van der Waals surface area contributed by atoms with Gasteiger partial charge >= 0.3 is 17.9 Å². The van der Waals surface area contributed by atoms with E-state index in [2.05, 4.69) is 40.7 Å². The smallest absolute Gasteiger partial charge is 0.323 e. The van der Waals surface area contributed by atoms with E-state index in [1.165, 1.54) is 50.5 Å². The van der Waals surface area contributed by atoms with E-state index < -0.39 is 36.9 Å². The molecule has 8 atom stereocenters. The van der Waals surface area contributed by atoms with E-state index in [1.807, 2.05) is 0 Å². The highest BCUT2D eigenvalue weighted by Gasteiger charge is 2.59. The lowest BCUT2D eigenvalue weighted by Crippen LogP contribution is -2.51. The number of rotatable bonds is 13. The van der Waals surface area contributed by atoms with Crippen molar-refractivity contribution >= 4 is 23.8 Å². The number of hydrogen-bond donors (Lipinski definition) is 2. The van der Waals surface area contributed by atoms with Crippen LogP contribution in [0, 0.1) is 46.3 Å². The molecule has 1 unspecified atom stereocenters. The number of aliphatic carboxylic acids is 2. The van der Waals surface area contributed by atoms with Gasteiger partial charge in [-0.05, 0) is 91.3 Å². The first-order valence-electron chi connectivity index (χ1n) is 16.8. The third-order valence-electron chi connectivity index (χ3n) is 12.1. The molecule has 0 aliphatic heterocycles. The summed E-state index contributed by atoms with van der Waals surface area (Å²) in [5, 5.41) is 18.0. The van der Waals surface area contributed by atoms with Gasteiger partial charge in [-0.3, -0.25) is 19.2 Å². The number of hydrogen-bond acceptors (Lipinski definition) is 5. The van der Waals surface area contributed by atoms with Crippen molar-refractivity contribution in [3.05, 3.63) is 11.6 Å². The molecule has 3 saturated carbocycles. The topological polar surface area (TPSA) is 121 Å². The molecule has 2 N–H and O–H groups in total. The minimum absolute atomic E-state index is 0.151. The van der Waals surface area contributed by atoms with Gasteiger partial charge in [-0.1, -0.05) is 65.5 Å². The van der Waals surface area contributed by atoms with Gasteiger partial charge in [0.05, 0.1) is 6.42 Å². The zero-order valence-corrected chi connectivity index (χ0v) is 27.1. The van der Waals surface area contributed by atoms with Crippen LogP contribution in [0.4, 0.5) is 0 Å². The SMILES string of the molecule is CC(C)CCC[C@@H](C)C1CC[C@H]2[C@@H]3CC=C4C[C@@H](OC(=O)CCC(=O)N(CC(=O)O)CC(=O)O)CC[C@]4(C)[C@H]3CC[C@]12C. The van der Waals surface area contributed by atoms with Crippen molar-refractivity contribution in [3.63, 3.8) is 0 Å².